The number of carbonyl (C=O) groups is 3. The molecule has 0 aromatic heterocycles. The third-order valence-corrected chi connectivity index (χ3v) is 3.98. The highest BCUT2D eigenvalue weighted by Crippen LogP contribution is 2.11. The second-order valence-electron chi connectivity index (χ2n) is 3.12. The van der Waals surface area contributed by atoms with E-state index in [2.05, 4.69) is 6.58 Å². The monoisotopic (exact) mass is 276 g/mol. The fourth-order valence-electron chi connectivity index (χ4n) is 0.905. The Morgan fingerprint density at radius 2 is 1.89 bits per heavy atom. The maximum absolute atomic E-state index is 11.3. The number of ether oxygens (including phenoxy) is 1. The van der Waals surface area contributed by atoms with E-state index in [1.54, 1.807) is 6.92 Å². The lowest BCUT2D eigenvalue weighted by atomic mass is 10.5. The Labute approximate surface area is 106 Å². The summed E-state index contributed by atoms with van der Waals surface area (Å²) in [6.07, 6.45) is 0.568. The van der Waals surface area contributed by atoms with Crippen LogP contribution < -0.4 is 0 Å². The highest BCUT2D eigenvalue weighted by atomic mass is 28.4. The Morgan fingerprint density at radius 1 is 1.28 bits per heavy atom. The molecule has 0 radical (unpaired) electrons. The fourth-order valence-corrected chi connectivity index (χ4v) is 2.60. The van der Waals surface area contributed by atoms with E-state index < -0.39 is 32.9 Å². The molecule has 18 heavy (non-hydrogen) atoms. The first-order chi connectivity index (χ1) is 8.39. The van der Waals surface area contributed by atoms with Crippen LogP contribution >= 0.6 is 0 Å². The van der Waals surface area contributed by atoms with Crippen LogP contribution in [0, 0.1) is 0 Å². The van der Waals surface area contributed by atoms with E-state index in [1.165, 1.54) is 7.11 Å². The van der Waals surface area contributed by atoms with Crippen molar-refractivity contribution < 1.29 is 32.4 Å². The van der Waals surface area contributed by atoms with Gasteiger partial charge >= 0.3 is 14.8 Å². The second-order valence-corrected chi connectivity index (χ2v) is 5.59. The molecule has 0 N–H and O–H groups in total. The molecule has 0 aliphatic heterocycles. The molecule has 0 aromatic carbocycles. The summed E-state index contributed by atoms with van der Waals surface area (Å²) in [5.74, 6) is -2.04. The van der Waals surface area contributed by atoms with Gasteiger partial charge in [-0.25, -0.2) is 4.79 Å². The zero-order valence-corrected chi connectivity index (χ0v) is 11.6. The van der Waals surface area contributed by atoms with Gasteiger partial charge in [0.05, 0.1) is 0 Å². The fraction of sp³-hybridized carbons (Fsp3) is 0.500. The molecule has 8 heteroatoms. The van der Waals surface area contributed by atoms with Crippen LogP contribution in [0.1, 0.15) is 20.3 Å². The van der Waals surface area contributed by atoms with E-state index in [0.717, 1.165) is 13.0 Å². The average molecular weight is 276 g/mol. The van der Waals surface area contributed by atoms with Crippen molar-refractivity contribution in [2.24, 2.45) is 0 Å². The van der Waals surface area contributed by atoms with Crippen LogP contribution in [0.5, 0.6) is 0 Å². The van der Waals surface area contributed by atoms with E-state index in [9.17, 15) is 14.4 Å². The standard InChI is InChI=1S/C10H16O7Si/c1-5-9(12)15-7-18(14-4,16-8(3)11)17-10(13)6-2/h5H,1,6-7H2,2-4H3. The zero-order chi connectivity index (χ0) is 14.2. The van der Waals surface area contributed by atoms with Gasteiger partial charge in [-0.3, -0.25) is 9.59 Å². The van der Waals surface area contributed by atoms with Crippen LogP contribution in [-0.2, 0) is 32.4 Å². The Morgan fingerprint density at radius 3 is 2.28 bits per heavy atom. The molecule has 0 fully saturated rings. The predicted molar refractivity (Wildman–Crippen MR) is 62.1 cm³/mol. The Bertz CT molecular complexity index is 341. The predicted octanol–water partition coefficient (Wildman–Crippen LogP) is 0.356. The van der Waals surface area contributed by atoms with Crippen LogP contribution in [0.4, 0.5) is 0 Å². The van der Waals surface area contributed by atoms with Gasteiger partial charge in [0.15, 0.2) is 6.23 Å². The van der Waals surface area contributed by atoms with Gasteiger partial charge in [0, 0.05) is 26.5 Å². The average Bonchev–Trinajstić information content (AvgIpc) is 2.34. The number of esters is 1. The molecular formula is C10H16O7Si. The maximum Gasteiger partial charge on any atom is 0.675 e. The quantitative estimate of drug-likeness (QED) is 0.377. The lowest BCUT2D eigenvalue weighted by Gasteiger charge is -2.25. The topological polar surface area (TPSA) is 88.1 Å². The van der Waals surface area contributed by atoms with Crippen LogP contribution in [0.15, 0.2) is 12.7 Å². The Balaban J connectivity index is 4.84. The van der Waals surface area contributed by atoms with Crippen molar-refractivity contribution >= 4 is 26.7 Å². The smallest absolute Gasteiger partial charge is 0.463 e. The first-order valence-corrected chi connectivity index (χ1v) is 7.08. The minimum atomic E-state index is -3.69. The summed E-state index contributed by atoms with van der Waals surface area (Å²) >= 11 is 0. The third kappa shape index (κ3) is 5.59. The van der Waals surface area contributed by atoms with Crippen molar-refractivity contribution in [1.82, 2.24) is 0 Å². The van der Waals surface area contributed by atoms with Gasteiger partial charge in [0.2, 0.25) is 0 Å². The van der Waals surface area contributed by atoms with Crippen LogP contribution in [0.3, 0.4) is 0 Å². The molecule has 1 unspecified atom stereocenters. The molecule has 0 heterocycles. The maximum atomic E-state index is 11.3. The molecule has 0 saturated heterocycles. The van der Waals surface area contributed by atoms with Gasteiger partial charge in [-0.15, -0.1) is 0 Å². The van der Waals surface area contributed by atoms with E-state index in [-0.39, 0.29) is 6.42 Å². The third-order valence-electron chi connectivity index (χ3n) is 1.73. The summed E-state index contributed by atoms with van der Waals surface area (Å²) in [5.41, 5.74) is 0. The molecule has 0 amide bonds. The van der Waals surface area contributed by atoms with Crippen molar-refractivity contribution in [2.45, 2.75) is 20.3 Å². The SMILES string of the molecule is C=CC(=O)OC[Si](OC)(OC(C)=O)OC(=O)CC. The summed E-state index contributed by atoms with van der Waals surface area (Å²) in [5, 5.41) is 0. The molecular weight excluding hydrogens is 260 g/mol. The van der Waals surface area contributed by atoms with Gasteiger partial charge in [0.25, 0.3) is 11.9 Å². The summed E-state index contributed by atoms with van der Waals surface area (Å²) in [6, 6.07) is 0. The first kappa shape index (κ1) is 16.3. The van der Waals surface area contributed by atoms with Crippen LogP contribution in [0.25, 0.3) is 0 Å². The first-order valence-electron chi connectivity index (χ1n) is 5.15. The van der Waals surface area contributed by atoms with Gasteiger partial charge in [0.1, 0.15) is 0 Å². The summed E-state index contributed by atoms with van der Waals surface area (Å²) < 4.78 is 19.5. The number of carbonyl (C=O) groups excluding carboxylic acids is 3. The highest BCUT2D eigenvalue weighted by Gasteiger charge is 2.49. The van der Waals surface area contributed by atoms with Gasteiger partial charge in [-0.05, 0) is 0 Å². The number of rotatable bonds is 7. The lowest BCUT2D eigenvalue weighted by molar-refractivity contribution is -0.148. The molecule has 7 nitrogen and oxygen atoms in total. The molecule has 0 aliphatic rings. The van der Waals surface area contributed by atoms with Crippen molar-refractivity contribution in [3.8, 4) is 0 Å². The normalized spacial score (nSPS) is 13.1. The van der Waals surface area contributed by atoms with E-state index >= 15 is 0 Å². The van der Waals surface area contributed by atoms with Crippen molar-refractivity contribution in [3.05, 3.63) is 12.7 Å². The van der Waals surface area contributed by atoms with Crippen molar-refractivity contribution in [2.75, 3.05) is 13.3 Å². The van der Waals surface area contributed by atoms with Crippen molar-refractivity contribution in [3.63, 3.8) is 0 Å². The molecule has 0 aliphatic carbocycles. The minimum Gasteiger partial charge on any atom is -0.463 e. The van der Waals surface area contributed by atoms with Gasteiger partial charge < -0.3 is 18.0 Å². The molecule has 102 valence electrons. The molecule has 0 aromatic rings. The summed E-state index contributed by atoms with van der Waals surface area (Å²) in [7, 11) is -2.48. The lowest BCUT2D eigenvalue weighted by Crippen LogP contribution is -2.52. The van der Waals surface area contributed by atoms with Crippen LogP contribution in [-0.4, -0.2) is 40.1 Å². The highest BCUT2D eigenvalue weighted by molar-refractivity contribution is 6.64. The molecule has 0 spiro atoms. The van der Waals surface area contributed by atoms with E-state index in [0.29, 0.717) is 0 Å². The van der Waals surface area contributed by atoms with E-state index in [4.69, 9.17) is 18.0 Å². The van der Waals surface area contributed by atoms with E-state index in [1.807, 2.05) is 0 Å². The summed E-state index contributed by atoms with van der Waals surface area (Å²) in [6.45, 7) is 5.91. The summed E-state index contributed by atoms with van der Waals surface area (Å²) in [4.78, 5) is 33.2. The number of hydrogen-bond acceptors (Lipinski definition) is 7. The molecule has 0 bridgehead atoms. The van der Waals surface area contributed by atoms with Crippen LogP contribution in [0.2, 0.25) is 0 Å². The second kappa shape index (κ2) is 7.61. The molecule has 1 atom stereocenters. The zero-order valence-electron chi connectivity index (χ0n) is 10.6. The molecule has 0 rings (SSSR count). The molecule has 0 saturated carbocycles. The minimum absolute atomic E-state index is 0.0782. The van der Waals surface area contributed by atoms with Gasteiger partial charge in [-0.1, -0.05) is 13.5 Å². The Kier molecular flexibility index (Phi) is 6.91. The largest absolute Gasteiger partial charge is 0.675 e. The number of hydrogen-bond donors (Lipinski definition) is 0. The Hall–Kier alpha value is -1.67. The van der Waals surface area contributed by atoms with Crippen molar-refractivity contribution in [1.29, 1.82) is 0 Å². The van der Waals surface area contributed by atoms with Gasteiger partial charge in [-0.2, -0.15) is 0 Å².